The predicted molar refractivity (Wildman–Crippen MR) is 133 cm³/mol. The minimum Gasteiger partial charge on any atom is -0.303 e. The van der Waals surface area contributed by atoms with Crippen LogP contribution in [0.4, 0.5) is 43.4 Å². The quantitative estimate of drug-likeness (QED) is 0.319. The van der Waals surface area contributed by atoms with Crippen LogP contribution in [-0.4, -0.2) is 54.9 Å². The van der Waals surface area contributed by atoms with E-state index in [0.29, 0.717) is 28.0 Å². The summed E-state index contributed by atoms with van der Waals surface area (Å²) in [5.41, 5.74) is 2.76. The number of nitrogens with zero attached hydrogens (tertiary/aromatic N) is 4. The zero-order chi connectivity index (χ0) is 26.4. The van der Waals surface area contributed by atoms with Crippen LogP contribution in [0.3, 0.4) is 0 Å². The van der Waals surface area contributed by atoms with Gasteiger partial charge in [-0.05, 0) is 64.6 Å². The van der Waals surface area contributed by atoms with Gasteiger partial charge in [-0.3, -0.25) is 9.80 Å². The number of halogens is 7. The van der Waals surface area contributed by atoms with Crippen LogP contribution in [-0.2, 0) is 0 Å². The molecule has 2 aromatic carbocycles. The molecule has 11 heteroatoms. The Bertz CT molecular complexity index is 1130. The SMILES string of the molecule is CCCN(CC1C(C(F)(F)F)N=C2N(c3ccc(C(C)C)cc3Br)c3ccccc3N21)CC(F)(F)F. The molecule has 2 aromatic rings. The van der Waals surface area contributed by atoms with E-state index >= 15 is 0 Å². The molecule has 0 saturated carbocycles. The Balaban J connectivity index is 1.80. The predicted octanol–water partition coefficient (Wildman–Crippen LogP) is 7.47. The van der Waals surface area contributed by atoms with Crippen molar-refractivity contribution in [2.75, 3.05) is 29.4 Å². The van der Waals surface area contributed by atoms with Gasteiger partial charge in [-0.25, -0.2) is 4.99 Å². The molecule has 0 N–H and O–H groups in total. The Labute approximate surface area is 214 Å². The van der Waals surface area contributed by atoms with Gasteiger partial charge in [0.25, 0.3) is 0 Å². The second kappa shape index (κ2) is 9.89. The lowest BCUT2D eigenvalue weighted by atomic mass is 10.0. The lowest BCUT2D eigenvalue weighted by molar-refractivity contribution is -0.156. The molecule has 196 valence electrons. The number of rotatable bonds is 7. The van der Waals surface area contributed by atoms with Gasteiger partial charge in [0.15, 0.2) is 6.04 Å². The number of benzene rings is 2. The van der Waals surface area contributed by atoms with E-state index in [1.165, 1.54) is 4.90 Å². The van der Waals surface area contributed by atoms with Crippen molar-refractivity contribution in [3.05, 3.63) is 52.5 Å². The smallest absolute Gasteiger partial charge is 0.303 e. The summed E-state index contributed by atoms with van der Waals surface area (Å²) in [6.07, 6.45) is -8.87. The molecule has 0 aliphatic carbocycles. The lowest BCUT2D eigenvalue weighted by Crippen LogP contribution is -2.53. The maximum atomic E-state index is 14.2. The molecule has 0 radical (unpaired) electrons. The highest BCUT2D eigenvalue weighted by atomic mass is 79.9. The minimum atomic E-state index is -4.72. The number of aliphatic imine (C=N–C) groups is 1. The zero-order valence-corrected chi connectivity index (χ0v) is 21.6. The van der Waals surface area contributed by atoms with Crippen molar-refractivity contribution in [1.29, 1.82) is 0 Å². The van der Waals surface area contributed by atoms with Crippen molar-refractivity contribution in [3.63, 3.8) is 0 Å². The van der Waals surface area contributed by atoms with Crippen LogP contribution in [0.25, 0.3) is 0 Å². The fourth-order valence-corrected chi connectivity index (χ4v) is 5.40. The van der Waals surface area contributed by atoms with Gasteiger partial charge in [-0.2, -0.15) is 26.3 Å². The third-order valence-corrected chi connectivity index (χ3v) is 6.99. The van der Waals surface area contributed by atoms with Gasteiger partial charge in [0, 0.05) is 11.0 Å². The Morgan fingerprint density at radius 2 is 1.67 bits per heavy atom. The molecule has 4 rings (SSSR count). The van der Waals surface area contributed by atoms with Gasteiger partial charge >= 0.3 is 12.4 Å². The number of fused-ring (bicyclic) bond motifs is 3. The molecule has 0 bridgehead atoms. The normalized spacial score (nSPS) is 19.8. The van der Waals surface area contributed by atoms with E-state index < -0.39 is 37.5 Å². The van der Waals surface area contributed by atoms with Gasteiger partial charge in [0.1, 0.15) is 0 Å². The Hall–Kier alpha value is -2.27. The Morgan fingerprint density at radius 3 is 2.22 bits per heavy atom. The molecule has 0 spiro atoms. The average molecular weight is 577 g/mol. The summed E-state index contributed by atoms with van der Waals surface area (Å²) in [5, 5.41) is 0. The standard InChI is InChI=1S/C25H27BrF6N4/c1-4-11-34(14-24(27,28)29)13-21-22(25(30,31)32)33-23-35(19-7-5-6-8-20(19)36(21)23)18-10-9-16(15(2)3)12-17(18)26/h5-10,12,15,21-22H,4,11,13-14H2,1-3H3. The maximum absolute atomic E-state index is 14.2. The molecule has 36 heavy (non-hydrogen) atoms. The Morgan fingerprint density at radius 1 is 1.00 bits per heavy atom. The van der Waals surface area contributed by atoms with E-state index in [0.717, 1.165) is 10.5 Å². The second-order valence-electron chi connectivity index (χ2n) is 9.39. The van der Waals surface area contributed by atoms with Crippen LogP contribution in [0, 0.1) is 0 Å². The van der Waals surface area contributed by atoms with Crippen LogP contribution >= 0.6 is 15.9 Å². The summed E-state index contributed by atoms with van der Waals surface area (Å²) >= 11 is 3.57. The second-order valence-corrected chi connectivity index (χ2v) is 10.2. The minimum absolute atomic E-state index is 0.0251. The number of anilines is 3. The maximum Gasteiger partial charge on any atom is 0.412 e. The number of guanidine groups is 1. The van der Waals surface area contributed by atoms with Crippen molar-refractivity contribution in [2.24, 2.45) is 4.99 Å². The zero-order valence-electron chi connectivity index (χ0n) is 20.0. The molecule has 4 nitrogen and oxygen atoms in total. The van der Waals surface area contributed by atoms with Crippen molar-refractivity contribution < 1.29 is 26.3 Å². The molecule has 2 heterocycles. The Kier molecular flexibility index (Phi) is 7.36. The molecule has 2 unspecified atom stereocenters. The van der Waals surface area contributed by atoms with Crippen molar-refractivity contribution >= 4 is 39.0 Å². The highest BCUT2D eigenvalue weighted by Gasteiger charge is 2.56. The van der Waals surface area contributed by atoms with Gasteiger partial charge < -0.3 is 4.90 Å². The van der Waals surface area contributed by atoms with E-state index in [1.54, 1.807) is 36.1 Å². The van der Waals surface area contributed by atoms with Crippen LogP contribution in [0.1, 0.15) is 38.7 Å². The van der Waals surface area contributed by atoms with E-state index in [-0.39, 0.29) is 18.4 Å². The first-order valence-corrected chi connectivity index (χ1v) is 12.5. The molecule has 2 aliphatic heterocycles. The summed E-state index contributed by atoms with van der Waals surface area (Å²) in [5.74, 6) is 0.309. The van der Waals surface area contributed by atoms with E-state index in [2.05, 4.69) is 20.9 Å². The first-order chi connectivity index (χ1) is 16.8. The third kappa shape index (κ3) is 5.22. The van der Waals surface area contributed by atoms with Crippen LogP contribution in [0.5, 0.6) is 0 Å². The first-order valence-electron chi connectivity index (χ1n) is 11.7. The highest BCUT2D eigenvalue weighted by molar-refractivity contribution is 9.10. The third-order valence-electron chi connectivity index (χ3n) is 6.35. The van der Waals surface area contributed by atoms with E-state index in [1.807, 2.05) is 32.0 Å². The number of hydrogen-bond donors (Lipinski definition) is 0. The molecule has 2 aliphatic rings. The molecule has 0 fully saturated rings. The van der Waals surface area contributed by atoms with Gasteiger partial charge in [-0.1, -0.05) is 39.0 Å². The van der Waals surface area contributed by atoms with Crippen LogP contribution < -0.4 is 9.80 Å². The van der Waals surface area contributed by atoms with Crippen LogP contribution in [0.2, 0.25) is 0 Å². The first kappa shape index (κ1) is 26.8. The lowest BCUT2D eigenvalue weighted by Gasteiger charge is -2.33. The summed E-state index contributed by atoms with van der Waals surface area (Å²) in [7, 11) is 0. The van der Waals surface area contributed by atoms with Crippen LogP contribution in [0.15, 0.2) is 51.9 Å². The van der Waals surface area contributed by atoms with Gasteiger partial charge in [0.05, 0.1) is 29.6 Å². The summed E-state index contributed by atoms with van der Waals surface area (Å²) in [6.45, 7) is 4.09. The topological polar surface area (TPSA) is 22.1 Å². The fourth-order valence-electron chi connectivity index (χ4n) is 4.82. The average Bonchev–Trinajstić information content (AvgIpc) is 3.28. The number of para-hydroxylation sites is 2. The molecular weight excluding hydrogens is 550 g/mol. The highest BCUT2D eigenvalue weighted by Crippen LogP contribution is 2.49. The summed E-state index contributed by atoms with van der Waals surface area (Å²) < 4.78 is 83.1. The van der Waals surface area contributed by atoms with Crippen molar-refractivity contribution in [3.8, 4) is 0 Å². The molecule has 0 saturated heterocycles. The molecule has 2 atom stereocenters. The van der Waals surface area contributed by atoms with Gasteiger partial charge in [0.2, 0.25) is 5.96 Å². The van der Waals surface area contributed by atoms with E-state index in [4.69, 9.17) is 0 Å². The van der Waals surface area contributed by atoms with E-state index in [9.17, 15) is 26.3 Å². The fraction of sp³-hybridized carbons (Fsp3) is 0.480. The largest absolute Gasteiger partial charge is 0.412 e. The van der Waals surface area contributed by atoms with Crippen molar-refractivity contribution in [1.82, 2.24) is 4.90 Å². The molecule has 0 amide bonds. The monoisotopic (exact) mass is 576 g/mol. The number of alkyl halides is 6. The summed E-state index contributed by atoms with van der Waals surface area (Å²) in [6, 6.07) is 9.09. The summed E-state index contributed by atoms with van der Waals surface area (Å²) in [4.78, 5) is 8.24. The van der Waals surface area contributed by atoms with Crippen molar-refractivity contribution in [2.45, 2.75) is 57.5 Å². The van der Waals surface area contributed by atoms with Gasteiger partial charge in [-0.15, -0.1) is 0 Å². The number of hydrogen-bond acceptors (Lipinski definition) is 4. The molecular formula is C25H27BrF6N4. The molecule has 0 aromatic heterocycles.